The first kappa shape index (κ1) is 15.4. The number of carboxylic acid groups (broad SMARTS) is 1. The summed E-state index contributed by atoms with van der Waals surface area (Å²) in [5.74, 6) is -0.895. The normalized spacial score (nSPS) is 15.3. The molecule has 0 atom stereocenters. The molecule has 114 valence electrons. The molecule has 0 heterocycles. The highest BCUT2D eigenvalue weighted by atomic mass is 16.4. The number of rotatable bonds is 6. The van der Waals surface area contributed by atoms with Gasteiger partial charge in [0.05, 0.1) is 6.42 Å². The molecular weight excluding hydrogens is 268 g/mol. The zero-order valence-corrected chi connectivity index (χ0v) is 12.6. The number of aliphatic carboxylic acids is 1. The molecule has 2 N–H and O–H groups in total. The molecular formula is C16H22N2O3. The summed E-state index contributed by atoms with van der Waals surface area (Å²) in [6, 6.07) is 8.06. The summed E-state index contributed by atoms with van der Waals surface area (Å²) < 4.78 is 0. The van der Waals surface area contributed by atoms with E-state index in [1.54, 1.807) is 7.05 Å². The SMILES string of the molecule is Cc1ccccc1C1(CNC(=O)N(C)CCC(=O)O)CC1. The Balaban J connectivity index is 1.89. The van der Waals surface area contributed by atoms with Crippen molar-refractivity contribution in [2.45, 2.75) is 31.6 Å². The van der Waals surface area contributed by atoms with E-state index in [9.17, 15) is 9.59 Å². The minimum atomic E-state index is -0.895. The van der Waals surface area contributed by atoms with Crippen LogP contribution < -0.4 is 5.32 Å². The second-order valence-corrected chi connectivity index (χ2v) is 5.82. The fourth-order valence-corrected chi connectivity index (χ4v) is 2.60. The number of aryl methyl sites for hydroxylation is 1. The first-order valence-electron chi connectivity index (χ1n) is 7.21. The Hall–Kier alpha value is -2.04. The Bertz CT molecular complexity index is 538. The van der Waals surface area contributed by atoms with Crippen molar-refractivity contribution in [3.63, 3.8) is 0 Å². The second-order valence-electron chi connectivity index (χ2n) is 5.82. The number of nitrogens with one attached hydrogen (secondary N) is 1. The standard InChI is InChI=1S/C16H22N2O3/c1-12-5-3-4-6-13(12)16(8-9-16)11-17-15(21)18(2)10-7-14(19)20/h3-6H,7-11H2,1-2H3,(H,17,21)(H,19,20). The van der Waals surface area contributed by atoms with Crippen molar-refractivity contribution in [1.82, 2.24) is 10.2 Å². The highest BCUT2D eigenvalue weighted by molar-refractivity contribution is 5.75. The number of benzene rings is 1. The Morgan fingerprint density at radius 1 is 1.33 bits per heavy atom. The van der Waals surface area contributed by atoms with E-state index >= 15 is 0 Å². The van der Waals surface area contributed by atoms with Crippen LogP contribution in [0, 0.1) is 6.92 Å². The van der Waals surface area contributed by atoms with Gasteiger partial charge in [-0.1, -0.05) is 24.3 Å². The number of hydrogen-bond acceptors (Lipinski definition) is 2. The molecule has 1 aliphatic carbocycles. The van der Waals surface area contributed by atoms with Crippen LogP contribution in [0.4, 0.5) is 4.79 Å². The molecule has 5 heteroatoms. The Morgan fingerprint density at radius 2 is 2.00 bits per heavy atom. The van der Waals surface area contributed by atoms with Gasteiger partial charge in [-0.05, 0) is 30.9 Å². The Morgan fingerprint density at radius 3 is 2.57 bits per heavy atom. The quantitative estimate of drug-likeness (QED) is 0.843. The minimum Gasteiger partial charge on any atom is -0.481 e. The zero-order chi connectivity index (χ0) is 15.5. The highest BCUT2D eigenvalue weighted by Crippen LogP contribution is 2.48. The van der Waals surface area contributed by atoms with E-state index in [2.05, 4.69) is 24.4 Å². The van der Waals surface area contributed by atoms with Gasteiger partial charge in [0.25, 0.3) is 0 Å². The van der Waals surface area contributed by atoms with E-state index in [0.29, 0.717) is 6.54 Å². The first-order chi connectivity index (χ1) is 9.94. The van der Waals surface area contributed by atoms with E-state index in [1.807, 2.05) is 12.1 Å². The third kappa shape index (κ3) is 3.74. The van der Waals surface area contributed by atoms with Crippen molar-refractivity contribution >= 4 is 12.0 Å². The molecule has 0 aromatic heterocycles. The molecule has 1 aromatic carbocycles. The molecule has 1 fully saturated rings. The molecule has 5 nitrogen and oxygen atoms in total. The number of urea groups is 1. The largest absolute Gasteiger partial charge is 0.481 e. The van der Waals surface area contributed by atoms with Crippen molar-refractivity contribution in [2.24, 2.45) is 0 Å². The molecule has 2 rings (SSSR count). The van der Waals surface area contributed by atoms with Crippen LogP contribution in [0.25, 0.3) is 0 Å². The van der Waals surface area contributed by atoms with Crippen molar-refractivity contribution in [3.05, 3.63) is 35.4 Å². The lowest BCUT2D eigenvalue weighted by atomic mass is 9.92. The first-order valence-corrected chi connectivity index (χ1v) is 7.21. The molecule has 1 saturated carbocycles. The predicted octanol–water partition coefficient (Wildman–Crippen LogP) is 2.14. The zero-order valence-electron chi connectivity index (χ0n) is 12.6. The molecule has 0 aliphatic heterocycles. The van der Waals surface area contributed by atoms with Crippen molar-refractivity contribution in [2.75, 3.05) is 20.1 Å². The summed E-state index contributed by atoms with van der Waals surface area (Å²) in [4.78, 5) is 23.9. The molecule has 0 unspecified atom stereocenters. The van der Waals surface area contributed by atoms with Gasteiger partial charge in [-0.2, -0.15) is 0 Å². The fourth-order valence-electron chi connectivity index (χ4n) is 2.60. The molecule has 0 radical (unpaired) electrons. The van der Waals surface area contributed by atoms with E-state index in [0.717, 1.165) is 12.8 Å². The van der Waals surface area contributed by atoms with E-state index in [1.165, 1.54) is 16.0 Å². The third-order valence-corrected chi connectivity index (χ3v) is 4.16. The summed E-state index contributed by atoms with van der Waals surface area (Å²) in [6.45, 7) is 2.92. The van der Waals surface area contributed by atoms with Crippen molar-refractivity contribution in [3.8, 4) is 0 Å². The number of carbonyl (C=O) groups excluding carboxylic acids is 1. The number of carbonyl (C=O) groups is 2. The maximum absolute atomic E-state index is 12.0. The summed E-state index contributed by atoms with van der Waals surface area (Å²) in [5, 5.41) is 11.6. The van der Waals surface area contributed by atoms with Crippen LogP contribution >= 0.6 is 0 Å². The van der Waals surface area contributed by atoms with Crippen LogP contribution in [-0.4, -0.2) is 42.1 Å². The van der Waals surface area contributed by atoms with Gasteiger partial charge in [-0.15, -0.1) is 0 Å². The lowest BCUT2D eigenvalue weighted by Gasteiger charge is -2.22. The van der Waals surface area contributed by atoms with Gasteiger partial charge in [0.2, 0.25) is 0 Å². The van der Waals surface area contributed by atoms with Gasteiger partial charge in [-0.3, -0.25) is 4.79 Å². The van der Waals surface area contributed by atoms with Crippen LogP contribution in [0.3, 0.4) is 0 Å². The van der Waals surface area contributed by atoms with Gasteiger partial charge in [0, 0.05) is 25.6 Å². The Kier molecular flexibility index (Phi) is 4.50. The number of hydrogen-bond donors (Lipinski definition) is 2. The summed E-state index contributed by atoms with van der Waals surface area (Å²) in [7, 11) is 1.62. The van der Waals surface area contributed by atoms with Crippen molar-refractivity contribution < 1.29 is 14.7 Å². The molecule has 1 aliphatic rings. The van der Waals surface area contributed by atoms with Crippen LogP contribution in [0.15, 0.2) is 24.3 Å². The maximum atomic E-state index is 12.0. The Labute approximate surface area is 125 Å². The smallest absolute Gasteiger partial charge is 0.317 e. The van der Waals surface area contributed by atoms with Gasteiger partial charge >= 0.3 is 12.0 Å². The van der Waals surface area contributed by atoms with Crippen LogP contribution in [0.1, 0.15) is 30.4 Å². The number of carboxylic acids is 1. The van der Waals surface area contributed by atoms with Gasteiger partial charge in [0.15, 0.2) is 0 Å². The average molecular weight is 290 g/mol. The molecule has 0 bridgehead atoms. The predicted molar refractivity (Wildman–Crippen MR) is 80.4 cm³/mol. The van der Waals surface area contributed by atoms with Crippen LogP contribution in [-0.2, 0) is 10.2 Å². The van der Waals surface area contributed by atoms with E-state index in [4.69, 9.17) is 5.11 Å². The fraction of sp³-hybridized carbons (Fsp3) is 0.500. The maximum Gasteiger partial charge on any atom is 0.317 e. The number of nitrogens with zero attached hydrogens (tertiary/aromatic N) is 1. The molecule has 1 aromatic rings. The molecule has 2 amide bonds. The summed E-state index contributed by atoms with van der Waals surface area (Å²) in [5.41, 5.74) is 2.62. The van der Waals surface area contributed by atoms with Gasteiger partial charge in [0.1, 0.15) is 0 Å². The minimum absolute atomic E-state index is 0.0349. The summed E-state index contributed by atoms with van der Waals surface area (Å²) in [6.07, 6.45) is 2.13. The molecule has 0 spiro atoms. The average Bonchev–Trinajstić information content (AvgIpc) is 3.23. The lowest BCUT2D eigenvalue weighted by molar-refractivity contribution is -0.137. The molecule has 21 heavy (non-hydrogen) atoms. The second kappa shape index (κ2) is 6.16. The van der Waals surface area contributed by atoms with E-state index < -0.39 is 5.97 Å². The van der Waals surface area contributed by atoms with Gasteiger partial charge < -0.3 is 15.3 Å². The highest BCUT2D eigenvalue weighted by Gasteiger charge is 2.45. The van der Waals surface area contributed by atoms with Gasteiger partial charge in [-0.25, -0.2) is 4.79 Å². The topological polar surface area (TPSA) is 69.6 Å². The third-order valence-electron chi connectivity index (χ3n) is 4.16. The monoisotopic (exact) mass is 290 g/mol. The lowest BCUT2D eigenvalue weighted by Crippen LogP contribution is -2.41. The van der Waals surface area contributed by atoms with Crippen LogP contribution in [0.2, 0.25) is 0 Å². The van der Waals surface area contributed by atoms with Crippen LogP contribution in [0.5, 0.6) is 0 Å². The van der Waals surface area contributed by atoms with E-state index in [-0.39, 0.29) is 24.4 Å². The van der Waals surface area contributed by atoms with Crippen molar-refractivity contribution in [1.29, 1.82) is 0 Å². The summed E-state index contributed by atoms with van der Waals surface area (Å²) >= 11 is 0. The molecule has 0 saturated heterocycles. The number of amides is 2.